The van der Waals surface area contributed by atoms with Gasteiger partial charge in [0.2, 0.25) is 5.91 Å². The Hall–Kier alpha value is -2.37. The first-order valence-corrected chi connectivity index (χ1v) is 8.17. The van der Waals surface area contributed by atoms with E-state index in [1.54, 1.807) is 12.5 Å². The summed E-state index contributed by atoms with van der Waals surface area (Å²) in [6.45, 7) is 1.61. The third kappa shape index (κ3) is 3.06. The smallest absolute Gasteiger partial charge is 0.226 e. The molecule has 1 saturated carbocycles. The number of carbonyl (C=O) groups is 1. The molecule has 2 atom stereocenters. The number of piperidine rings is 1. The molecule has 6 heteroatoms. The van der Waals surface area contributed by atoms with E-state index in [2.05, 4.69) is 15.5 Å². The molecule has 120 valence electrons. The molecular formula is C17H20N4O2. The zero-order chi connectivity index (χ0) is 15.6. The number of carbonyl (C=O) groups excluding carboxylic acids is 1. The van der Waals surface area contributed by atoms with Gasteiger partial charge < -0.3 is 14.6 Å². The fraction of sp³-hybridized carbons (Fsp3) is 0.471. The summed E-state index contributed by atoms with van der Waals surface area (Å²) in [5.74, 6) is 2.43. The van der Waals surface area contributed by atoms with E-state index in [4.69, 9.17) is 4.42 Å². The molecule has 0 bridgehead atoms. The number of aromatic nitrogens is 2. The molecule has 1 aliphatic carbocycles. The van der Waals surface area contributed by atoms with Crippen LogP contribution in [0.4, 0.5) is 5.82 Å². The Labute approximate surface area is 134 Å². The first kappa shape index (κ1) is 14.2. The topological polar surface area (TPSA) is 71.3 Å². The molecule has 2 aliphatic rings. The van der Waals surface area contributed by atoms with Crippen LogP contribution in [0.2, 0.25) is 0 Å². The third-order valence-electron chi connectivity index (χ3n) is 4.75. The van der Waals surface area contributed by atoms with Gasteiger partial charge in [-0.05, 0) is 43.5 Å². The standard InChI is InChI=1S/C17H20N4O2/c22-17(14-11-13(14)15-3-2-10-23-15)21-8-5-12(6-9-21)19-16-4-1-7-18-20-16/h1-4,7,10,12-14H,5-6,8-9,11H2,(H,19,20)/t13-,14-/m1/s1. The molecule has 6 nitrogen and oxygen atoms in total. The molecule has 0 aromatic carbocycles. The molecule has 2 fully saturated rings. The molecule has 2 aromatic rings. The largest absolute Gasteiger partial charge is 0.469 e. The number of nitrogens with one attached hydrogen (secondary N) is 1. The minimum absolute atomic E-state index is 0.116. The van der Waals surface area contributed by atoms with Crippen LogP contribution in [0.1, 0.15) is 30.9 Å². The Kier molecular flexibility index (Phi) is 3.73. The highest BCUT2D eigenvalue weighted by molar-refractivity contribution is 5.83. The Bertz CT molecular complexity index is 650. The van der Waals surface area contributed by atoms with Gasteiger partial charge in [0.15, 0.2) is 0 Å². The number of amides is 1. The van der Waals surface area contributed by atoms with Crippen molar-refractivity contribution in [1.29, 1.82) is 0 Å². The van der Waals surface area contributed by atoms with Crippen LogP contribution in [-0.4, -0.2) is 40.1 Å². The van der Waals surface area contributed by atoms with Crippen molar-refractivity contribution in [2.24, 2.45) is 5.92 Å². The predicted octanol–water partition coefficient (Wildman–Crippen LogP) is 2.28. The lowest BCUT2D eigenvalue weighted by Crippen LogP contribution is -2.43. The molecule has 1 amide bonds. The van der Waals surface area contributed by atoms with Crippen molar-refractivity contribution < 1.29 is 9.21 Å². The monoisotopic (exact) mass is 312 g/mol. The van der Waals surface area contributed by atoms with E-state index in [1.807, 2.05) is 29.2 Å². The molecule has 4 rings (SSSR count). The van der Waals surface area contributed by atoms with Crippen molar-refractivity contribution in [3.8, 4) is 0 Å². The van der Waals surface area contributed by atoms with Gasteiger partial charge in [0.05, 0.1) is 6.26 Å². The highest BCUT2D eigenvalue weighted by atomic mass is 16.3. The van der Waals surface area contributed by atoms with Gasteiger partial charge in [-0.25, -0.2) is 0 Å². The first-order valence-electron chi connectivity index (χ1n) is 8.17. The number of furan rings is 1. The normalized spacial score (nSPS) is 24.4. The number of likely N-dealkylation sites (tertiary alicyclic amines) is 1. The van der Waals surface area contributed by atoms with E-state index in [0.717, 1.165) is 43.9 Å². The molecule has 2 aromatic heterocycles. The SMILES string of the molecule is O=C([C@@H]1C[C@H]1c1ccco1)N1CCC(Nc2cccnn2)CC1. The van der Waals surface area contributed by atoms with Crippen LogP contribution >= 0.6 is 0 Å². The molecular weight excluding hydrogens is 292 g/mol. The second-order valence-corrected chi connectivity index (χ2v) is 6.32. The maximum absolute atomic E-state index is 12.6. The summed E-state index contributed by atoms with van der Waals surface area (Å²) in [5.41, 5.74) is 0. The molecule has 1 saturated heterocycles. The van der Waals surface area contributed by atoms with Gasteiger partial charge in [0.1, 0.15) is 11.6 Å². The second-order valence-electron chi connectivity index (χ2n) is 6.32. The number of hydrogen-bond acceptors (Lipinski definition) is 5. The maximum atomic E-state index is 12.6. The van der Waals surface area contributed by atoms with Crippen LogP contribution in [0.15, 0.2) is 41.1 Å². The first-order chi connectivity index (χ1) is 11.3. The van der Waals surface area contributed by atoms with Crippen LogP contribution in [0, 0.1) is 5.92 Å². The fourth-order valence-corrected chi connectivity index (χ4v) is 3.35. The van der Waals surface area contributed by atoms with Crippen LogP contribution in [0.3, 0.4) is 0 Å². The van der Waals surface area contributed by atoms with Gasteiger partial charge in [0, 0.05) is 37.2 Å². The van der Waals surface area contributed by atoms with Crippen LogP contribution < -0.4 is 5.32 Å². The quantitative estimate of drug-likeness (QED) is 0.938. The Morgan fingerprint density at radius 3 is 2.83 bits per heavy atom. The Morgan fingerprint density at radius 1 is 1.26 bits per heavy atom. The van der Waals surface area contributed by atoms with Crippen LogP contribution in [0.25, 0.3) is 0 Å². The highest BCUT2D eigenvalue weighted by Crippen LogP contribution is 2.48. The van der Waals surface area contributed by atoms with E-state index in [1.165, 1.54) is 0 Å². The van der Waals surface area contributed by atoms with Crippen molar-refractivity contribution in [1.82, 2.24) is 15.1 Å². The van der Waals surface area contributed by atoms with Gasteiger partial charge in [-0.2, -0.15) is 5.10 Å². The van der Waals surface area contributed by atoms with Crippen LogP contribution in [-0.2, 0) is 4.79 Å². The van der Waals surface area contributed by atoms with E-state index in [-0.39, 0.29) is 17.7 Å². The van der Waals surface area contributed by atoms with Crippen molar-refractivity contribution in [2.75, 3.05) is 18.4 Å². The average Bonchev–Trinajstić information content (AvgIpc) is 3.21. The maximum Gasteiger partial charge on any atom is 0.226 e. The van der Waals surface area contributed by atoms with Crippen molar-refractivity contribution in [3.63, 3.8) is 0 Å². The zero-order valence-corrected chi connectivity index (χ0v) is 12.9. The predicted molar refractivity (Wildman–Crippen MR) is 84.8 cm³/mol. The minimum Gasteiger partial charge on any atom is -0.469 e. The van der Waals surface area contributed by atoms with Crippen molar-refractivity contribution in [2.45, 2.75) is 31.2 Å². The van der Waals surface area contributed by atoms with Gasteiger partial charge >= 0.3 is 0 Å². The summed E-state index contributed by atoms with van der Waals surface area (Å²) < 4.78 is 5.42. The number of hydrogen-bond donors (Lipinski definition) is 1. The average molecular weight is 312 g/mol. The summed E-state index contributed by atoms with van der Waals surface area (Å²) in [6, 6.07) is 8.00. The molecule has 1 N–H and O–H groups in total. The molecule has 1 aliphatic heterocycles. The molecule has 0 unspecified atom stereocenters. The van der Waals surface area contributed by atoms with Crippen LogP contribution in [0.5, 0.6) is 0 Å². The third-order valence-corrected chi connectivity index (χ3v) is 4.75. The lowest BCUT2D eigenvalue weighted by Gasteiger charge is -2.32. The van der Waals surface area contributed by atoms with Gasteiger partial charge in [-0.15, -0.1) is 5.10 Å². The van der Waals surface area contributed by atoms with Crippen molar-refractivity contribution >= 4 is 11.7 Å². The fourth-order valence-electron chi connectivity index (χ4n) is 3.35. The Morgan fingerprint density at radius 2 is 2.13 bits per heavy atom. The molecule has 0 radical (unpaired) electrons. The Balaban J connectivity index is 1.28. The van der Waals surface area contributed by atoms with E-state index >= 15 is 0 Å². The van der Waals surface area contributed by atoms with Gasteiger partial charge in [-0.3, -0.25) is 4.79 Å². The van der Waals surface area contributed by atoms with E-state index in [9.17, 15) is 4.79 Å². The summed E-state index contributed by atoms with van der Waals surface area (Å²) in [6.07, 6.45) is 6.15. The summed E-state index contributed by atoms with van der Waals surface area (Å²) in [4.78, 5) is 14.6. The molecule has 23 heavy (non-hydrogen) atoms. The number of nitrogens with zero attached hydrogens (tertiary/aromatic N) is 3. The zero-order valence-electron chi connectivity index (χ0n) is 12.9. The summed E-state index contributed by atoms with van der Waals surface area (Å²) in [7, 11) is 0. The number of anilines is 1. The van der Waals surface area contributed by atoms with Gasteiger partial charge in [0.25, 0.3) is 0 Å². The highest BCUT2D eigenvalue weighted by Gasteiger charge is 2.47. The van der Waals surface area contributed by atoms with Gasteiger partial charge in [-0.1, -0.05) is 0 Å². The summed E-state index contributed by atoms with van der Waals surface area (Å²) in [5, 5.41) is 11.3. The minimum atomic E-state index is 0.116. The summed E-state index contributed by atoms with van der Waals surface area (Å²) >= 11 is 0. The molecule has 3 heterocycles. The van der Waals surface area contributed by atoms with E-state index < -0.39 is 0 Å². The van der Waals surface area contributed by atoms with E-state index in [0.29, 0.717) is 6.04 Å². The molecule has 0 spiro atoms. The lowest BCUT2D eigenvalue weighted by atomic mass is 10.0. The lowest BCUT2D eigenvalue weighted by molar-refractivity contribution is -0.133. The number of rotatable bonds is 4. The second kappa shape index (κ2) is 6.02. The van der Waals surface area contributed by atoms with Crippen molar-refractivity contribution in [3.05, 3.63) is 42.5 Å².